The summed E-state index contributed by atoms with van der Waals surface area (Å²) in [6, 6.07) is 17.0. The van der Waals surface area contributed by atoms with E-state index in [0.29, 0.717) is 12.2 Å². The lowest BCUT2D eigenvalue weighted by atomic mass is 9.82. The number of aliphatic imine (C=N–C) groups is 1. The van der Waals surface area contributed by atoms with Gasteiger partial charge in [-0.3, -0.25) is 9.98 Å². The Morgan fingerprint density at radius 2 is 1.76 bits per heavy atom. The molecule has 1 aliphatic carbocycles. The van der Waals surface area contributed by atoms with Crippen molar-refractivity contribution < 1.29 is 22.6 Å². The van der Waals surface area contributed by atoms with E-state index in [4.69, 9.17) is 14.5 Å². The lowest BCUT2D eigenvalue weighted by Gasteiger charge is -2.22. The Balaban J connectivity index is 1.41. The molecule has 206 valence electrons. The van der Waals surface area contributed by atoms with Crippen molar-refractivity contribution in [2.45, 2.75) is 12.6 Å². The number of allylic oxidation sites excluding steroid dienone is 4. The average Bonchev–Trinajstić information content (AvgIpc) is 3.36. The third kappa shape index (κ3) is 5.16. The minimum Gasteiger partial charge on any atom is -0.497 e. The maximum Gasteiger partial charge on any atom is 0.419 e. The van der Waals surface area contributed by atoms with Crippen LogP contribution in [-0.2, 0) is 12.6 Å². The van der Waals surface area contributed by atoms with Crippen molar-refractivity contribution in [1.29, 1.82) is 0 Å². The van der Waals surface area contributed by atoms with Gasteiger partial charge in [-0.05, 0) is 42.3 Å². The molecule has 2 aromatic heterocycles. The first-order chi connectivity index (χ1) is 19.8. The molecule has 10 heteroatoms. The number of rotatable bonds is 7. The lowest BCUT2D eigenvalue weighted by molar-refractivity contribution is -0.137. The average molecular weight is 556 g/mol. The molecule has 1 aliphatic heterocycles. The van der Waals surface area contributed by atoms with Crippen molar-refractivity contribution in [1.82, 2.24) is 15.0 Å². The van der Waals surface area contributed by atoms with Crippen molar-refractivity contribution in [3.63, 3.8) is 0 Å². The maximum absolute atomic E-state index is 13.6. The fourth-order valence-corrected chi connectivity index (χ4v) is 4.98. The molecule has 0 spiro atoms. The zero-order valence-corrected chi connectivity index (χ0v) is 22.1. The molecule has 2 aromatic carbocycles. The highest BCUT2D eigenvalue weighted by Gasteiger charge is 2.34. The number of nitrogens with one attached hydrogen (secondary N) is 1. The molecule has 1 atom stereocenters. The number of hydrogen-bond acceptors (Lipinski definition) is 7. The Bertz CT molecular complexity index is 1710. The number of alkyl halides is 3. The molecule has 41 heavy (non-hydrogen) atoms. The summed E-state index contributed by atoms with van der Waals surface area (Å²) in [6.45, 7) is 0. The Kier molecular flexibility index (Phi) is 6.74. The second kappa shape index (κ2) is 10.5. The van der Waals surface area contributed by atoms with E-state index in [0.717, 1.165) is 45.6 Å². The second-order valence-electron chi connectivity index (χ2n) is 9.51. The molecule has 0 amide bonds. The van der Waals surface area contributed by atoms with Crippen LogP contribution in [0, 0.1) is 5.92 Å². The molecule has 7 nitrogen and oxygen atoms in total. The summed E-state index contributed by atoms with van der Waals surface area (Å²) in [5, 5.41) is 2.78. The highest BCUT2D eigenvalue weighted by atomic mass is 19.4. The van der Waals surface area contributed by atoms with E-state index in [-0.39, 0.29) is 23.2 Å². The van der Waals surface area contributed by atoms with Gasteiger partial charge in [0.2, 0.25) is 0 Å². The second-order valence-corrected chi connectivity index (χ2v) is 9.51. The number of para-hydroxylation sites is 1. The number of anilines is 2. The normalized spacial score (nSPS) is 15.7. The first-order valence-electron chi connectivity index (χ1n) is 12.8. The van der Waals surface area contributed by atoms with E-state index in [1.807, 2.05) is 54.6 Å². The third-order valence-electron chi connectivity index (χ3n) is 6.97. The van der Waals surface area contributed by atoms with E-state index >= 15 is 0 Å². The molecule has 6 rings (SSSR count). The van der Waals surface area contributed by atoms with Gasteiger partial charge in [-0.1, -0.05) is 36.4 Å². The third-order valence-corrected chi connectivity index (χ3v) is 6.97. The molecule has 1 N–H and O–H groups in total. The maximum atomic E-state index is 13.6. The first kappa shape index (κ1) is 26.2. The molecule has 3 heterocycles. The predicted molar refractivity (Wildman–Crippen MR) is 151 cm³/mol. The number of pyridine rings is 1. The van der Waals surface area contributed by atoms with Gasteiger partial charge >= 0.3 is 6.18 Å². The van der Waals surface area contributed by atoms with Gasteiger partial charge in [-0.2, -0.15) is 13.2 Å². The molecule has 0 saturated carbocycles. The van der Waals surface area contributed by atoms with E-state index < -0.39 is 11.7 Å². The Hall–Kier alpha value is -4.99. The largest absolute Gasteiger partial charge is 0.497 e. The van der Waals surface area contributed by atoms with Crippen molar-refractivity contribution in [3.05, 3.63) is 108 Å². The van der Waals surface area contributed by atoms with E-state index in [1.165, 1.54) is 25.6 Å². The first-order valence-corrected chi connectivity index (χ1v) is 12.8. The number of halogens is 3. The van der Waals surface area contributed by atoms with Crippen molar-refractivity contribution >= 4 is 34.1 Å². The van der Waals surface area contributed by atoms with Gasteiger partial charge in [0.05, 0.1) is 43.1 Å². The van der Waals surface area contributed by atoms with E-state index in [2.05, 4.69) is 26.3 Å². The smallest absolute Gasteiger partial charge is 0.419 e. The molecule has 0 bridgehead atoms. The molecule has 0 saturated heterocycles. The number of methoxy groups -OCH3 is 2. The van der Waals surface area contributed by atoms with Crippen LogP contribution in [0.1, 0.15) is 22.5 Å². The number of nitrogens with zero attached hydrogens (tertiary/aromatic N) is 4. The number of fused-ring (bicyclic) bond motifs is 3. The van der Waals surface area contributed by atoms with Crippen molar-refractivity contribution in [3.8, 4) is 11.5 Å². The summed E-state index contributed by atoms with van der Waals surface area (Å²) >= 11 is 0. The highest BCUT2D eigenvalue weighted by molar-refractivity contribution is 6.33. The van der Waals surface area contributed by atoms with Crippen LogP contribution in [0.15, 0.2) is 90.3 Å². The van der Waals surface area contributed by atoms with Crippen LogP contribution < -0.4 is 14.8 Å². The molecule has 1 unspecified atom stereocenters. The van der Waals surface area contributed by atoms with Gasteiger partial charge in [0.1, 0.15) is 5.75 Å². The van der Waals surface area contributed by atoms with Gasteiger partial charge in [-0.15, -0.1) is 0 Å². The van der Waals surface area contributed by atoms with Crippen LogP contribution in [0.2, 0.25) is 0 Å². The molecular weight excluding hydrogens is 531 g/mol. The molecule has 4 aromatic rings. The van der Waals surface area contributed by atoms with Crippen LogP contribution in [-0.4, -0.2) is 34.9 Å². The molecule has 0 fully saturated rings. The monoisotopic (exact) mass is 555 g/mol. The molecule has 2 aliphatic rings. The Morgan fingerprint density at radius 1 is 0.951 bits per heavy atom. The number of aromatic nitrogens is 3. The quantitative estimate of drug-likeness (QED) is 0.263. The minimum atomic E-state index is -4.60. The van der Waals surface area contributed by atoms with Crippen LogP contribution in [0.5, 0.6) is 11.5 Å². The van der Waals surface area contributed by atoms with Crippen LogP contribution in [0.4, 0.5) is 30.4 Å². The molecular formula is C31H24F3N5O2. The van der Waals surface area contributed by atoms with E-state index in [9.17, 15) is 13.2 Å². The highest BCUT2D eigenvalue weighted by Crippen LogP contribution is 2.43. The Labute approximate surface area is 234 Å². The summed E-state index contributed by atoms with van der Waals surface area (Å²) in [5.41, 5.74) is 4.53. The zero-order chi connectivity index (χ0) is 28.6. The van der Waals surface area contributed by atoms with Gasteiger partial charge in [0.15, 0.2) is 17.4 Å². The minimum absolute atomic E-state index is 0.0927. The predicted octanol–water partition coefficient (Wildman–Crippen LogP) is 7.08. The van der Waals surface area contributed by atoms with Crippen LogP contribution in [0.3, 0.4) is 0 Å². The van der Waals surface area contributed by atoms with Gasteiger partial charge in [-0.25, -0.2) is 9.97 Å². The summed E-state index contributed by atoms with van der Waals surface area (Å²) < 4.78 is 51.6. The summed E-state index contributed by atoms with van der Waals surface area (Å²) in [7, 11) is 3.04. The Morgan fingerprint density at radius 3 is 2.51 bits per heavy atom. The molecule has 0 radical (unpaired) electrons. The van der Waals surface area contributed by atoms with Crippen LogP contribution in [0.25, 0.3) is 11.1 Å². The SMILES string of the molecule is COc1ccc(CC2C=C(c3ncc(OC)c(Nc4ccncc4C(F)(F)F)n3)C=C3C2=Nc2ccccc23)cc1. The standard InChI is InChI=1S/C31H24F3N5O2/c1-40-21-9-7-18(8-10-21)13-19-14-20(15-23-22-5-3-4-6-25(22)37-28(19)23)29-36-17-27(41-2)30(39-29)38-26-11-12-35-16-24(26)31(32,33)34/h3-12,14-17,19H,13H2,1-2H3,(H,35,36,38,39). The number of benzene rings is 2. The summed E-state index contributed by atoms with van der Waals surface area (Å²) in [6.07, 6.45) is 3.60. The van der Waals surface area contributed by atoms with Gasteiger partial charge < -0.3 is 14.8 Å². The summed E-state index contributed by atoms with van der Waals surface area (Å²) in [5.74, 6) is 1.32. The number of ether oxygens (including phenoxy) is 2. The van der Waals surface area contributed by atoms with Gasteiger partial charge in [0.25, 0.3) is 0 Å². The summed E-state index contributed by atoms with van der Waals surface area (Å²) in [4.78, 5) is 17.7. The fraction of sp³-hybridized carbons (Fsp3) is 0.161. The lowest BCUT2D eigenvalue weighted by Crippen LogP contribution is -2.19. The van der Waals surface area contributed by atoms with Crippen molar-refractivity contribution in [2.75, 3.05) is 19.5 Å². The van der Waals surface area contributed by atoms with Crippen molar-refractivity contribution in [2.24, 2.45) is 10.9 Å². The van der Waals surface area contributed by atoms with Gasteiger partial charge in [0, 0.05) is 35.0 Å². The topological polar surface area (TPSA) is 81.5 Å². The fourth-order valence-electron chi connectivity index (χ4n) is 4.98. The zero-order valence-electron chi connectivity index (χ0n) is 22.1. The van der Waals surface area contributed by atoms with Crippen LogP contribution >= 0.6 is 0 Å². The number of hydrogen-bond donors (Lipinski definition) is 1. The van der Waals surface area contributed by atoms with E-state index in [1.54, 1.807) is 7.11 Å².